The van der Waals surface area contributed by atoms with Crippen LogP contribution >= 0.6 is 11.8 Å². The number of carboxylic acid groups (broad SMARTS) is 1. The number of pyridine rings is 1. The molecule has 4 nitrogen and oxygen atoms in total. The normalized spacial score (nSPS) is 11.2. The molecule has 16 heavy (non-hydrogen) atoms. The number of hydrogen-bond donors (Lipinski definition) is 2. The van der Waals surface area contributed by atoms with Crippen molar-refractivity contribution >= 4 is 23.5 Å². The maximum absolute atomic E-state index is 10.8. The van der Waals surface area contributed by atoms with Crippen LogP contribution in [-0.2, 0) is 0 Å². The first-order valence-corrected chi connectivity index (χ1v) is 6.15. The lowest BCUT2D eigenvalue weighted by molar-refractivity contribution is 0.0697. The van der Waals surface area contributed by atoms with Gasteiger partial charge in [-0.15, -0.1) is 0 Å². The van der Waals surface area contributed by atoms with Crippen LogP contribution in [-0.4, -0.2) is 33.6 Å². The first-order valence-electron chi connectivity index (χ1n) is 4.93. The van der Waals surface area contributed by atoms with Crippen LogP contribution in [0.15, 0.2) is 18.3 Å². The molecule has 1 heterocycles. The van der Waals surface area contributed by atoms with Crippen molar-refractivity contribution in [1.82, 2.24) is 4.98 Å². The summed E-state index contributed by atoms with van der Waals surface area (Å²) in [6, 6.07) is 3.02. The first kappa shape index (κ1) is 12.8. The lowest BCUT2D eigenvalue weighted by Gasteiger charge is -2.22. The van der Waals surface area contributed by atoms with E-state index in [0.29, 0.717) is 5.82 Å². The Morgan fingerprint density at radius 1 is 1.62 bits per heavy atom. The summed E-state index contributed by atoms with van der Waals surface area (Å²) in [6.07, 6.45) is 3.54. The fourth-order valence-corrected chi connectivity index (χ4v) is 1.25. The van der Waals surface area contributed by atoms with Crippen LogP contribution in [0.5, 0.6) is 0 Å². The Hall–Kier alpha value is -1.23. The quantitative estimate of drug-likeness (QED) is 0.827. The summed E-state index contributed by atoms with van der Waals surface area (Å²) in [5, 5.41) is 12.0. The molecule has 0 fully saturated rings. The second-order valence-electron chi connectivity index (χ2n) is 4.05. The van der Waals surface area contributed by atoms with E-state index in [0.717, 1.165) is 6.54 Å². The summed E-state index contributed by atoms with van der Waals surface area (Å²) in [4.78, 5) is 14.8. The molecule has 0 saturated heterocycles. The number of rotatable bonds is 5. The van der Waals surface area contributed by atoms with Crippen molar-refractivity contribution in [2.45, 2.75) is 18.6 Å². The van der Waals surface area contributed by atoms with Crippen molar-refractivity contribution in [3.05, 3.63) is 23.9 Å². The monoisotopic (exact) mass is 240 g/mol. The fourth-order valence-electron chi connectivity index (χ4n) is 1.04. The molecule has 0 aromatic carbocycles. The second kappa shape index (κ2) is 5.21. The van der Waals surface area contributed by atoms with Crippen molar-refractivity contribution in [3.8, 4) is 0 Å². The van der Waals surface area contributed by atoms with Gasteiger partial charge in [0, 0.05) is 17.5 Å². The van der Waals surface area contributed by atoms with Crippen molar-refractivity contribution in [3.63, 3.8) is 0 Å². The third kappa shape index (κ3) is 3.73. The van der Waals surface area contributed by atoms with Gasteiger partial charge < -0.3 is 10.4 Å². The minimum Gasteiger partial charge on any atom is -0.478 e. The molecule has 1 rings (SSSR count). The Bertz CT molecular complexity index is 380. The molecule has 1 aromatic heterocycles. The summed E-state index contributed by atoms with van der Waals surface area (Å²) in [6.45, 7) is 4.97. The summed E-state index contributed by atoms with van der Waals surface area (Å²) in [7, 11) is 0. The summed E-state index contributed by atoms with van der Waals surface area (Å²) in [5.41, 5.74) is 0.249. The number of carbonyl (C=O) groups is 1. The molecular formula is C11H16N2O2S. The van der Waals surface area contributed by atoms with E-state index in [1.807, 2.05) is 6.26 Å². The Labute approximate surface area is 99.5 Å². The molecule has 0 saturated carbocycles. The third-order valence-corrected chi connectivity index (χ3v) is 3.50. The highest BCUT2D eigenvalue weighted by Gasteiger charge is 2.15. The van der Waals surface area contributed by atoms with Gasteiger partial charge in [0.05, 0.1) is 5.56 Å². The van der Waals surface area contributed by atoms with E-state index >= 15 is 0 Å². The molecule has 0 aliphatic rings. The van der Waals surface area contributed by atoms with E-state index < -0.39 is 5.97 Å². The number of hydrogen-bond acceptors (Lipinski definition) is 4. The van der Waals surface area contributed by atoms with Gasteiger partial charge in [-0.2, -0.15) is 11.8 Å². The van der Waals surface area contributed by atoms with E-state index in [2.05, 4.69) is 24.1 Å². The maximum Gasteiger partial charge on any atom is 0.335 e. The number of anilines is 1. The van der Waals surface area contributed by atoms with Gasteiger partial charge in [0.25, 0.3) is 0 Å². The van der Waals surface area contributed by atoms with Gasteiger partial charge in [-0.05, 0) is 32.2 Å². The Kier molecular flexibility index (Phi) is 4.18. The van der Waals surface area contributed by atoms with Crippen molar-refractivity contribution in [2.24, 2.45) is 0 Å². The largest absolute Gasteiger partial charge is 0.478 e. The molecule has 88 valence electrons. The van der Waals surface area contributed by atoms with Gasteiger partial charge in [0.1, 0.15) is 5.82 Å². The number of thioether (sulfide) groups is 1. The zero-order chi connectivity index (χ0) is 12.2. The van der Waals surface area contributed by atoms with E-state index in [4.69, 9.17) is 5.11 Å². The van der Waals surface area contributed by atoms with Crippen LogP contribution in [0.3, 0.4) is 0 Å². The smallest absolute Gasteiger partial charge is 0.335 e. The van der Waals surface area contributed by atoms with E-state index in [1.165, 1.54) is 12.3 Å². The number of aromatic carboxylic acids is 1. The maximum atomic E-state index is 10.8. The number of nitrogens with one attached hydrogen (secondary N) is 1. The predicted molar refractivity (Wildman–Crippen MR) is 67.3 cm³/mol. The predicted octanol–water partition coefficient (Wildman–Crippen LogP) is 2.33. The standard InChI is InChI=1S/C11H16N2O2S/c1-11(2,16-3)7-13-9-6-8(10(14)15)4-5-12-9/h4-6H,7H2,1-3H3,(H,12,13)(H,14,15). The Morgan fingerprint density at radius 2 is 2.31 bits per heavy atom. The molecule has 0 aliphatic carbocycles. The topological polar surface area (TPSA) is 62.2 Å². The van der Waals surface area contributed by atoms with Crippen LogP contribution < -0.4 is 5.32 Å². The molecule has 0 bridgehead atoms. The minimum atomic E-state index is -0.936. The average Bonchev–Trinajstić information content (AvgIpc) is 2.27. The zero-order valence-corrected chi connectivity index (χ0v) is 10.5. The van der Waals surface area contributed by atoms with Gasteiger partial charge in [-0.1, -0.05) is 0 Å². The molecule has 0 amide bonds. The lowest BCUT2D eigenvalue weighted by atomic mass is 10.2. The van der Waals surface area contributed by atoms with Gasteiger partial charge in [-0.3, -0.25) is 0 Å². The highest BCUT2D eigenvalue weighted by molar-refractivity contribution is 7.99. The first-order chi connectivity index (χ1) is 7.44. The number of nitrogens with zero attached hydrogens (tertiary/aromatic N) is 1. The molecule has 2 N–H and O–H groups in total. The van der Waals surface area contributed by atoms with Gasteiger partial charge in [-0.25, -0.2) is 9.78 Å². The highest BCUT2D eigenvalue weighted by Crippen LogP contribution is 2.21. The SMILES string of the molecule is CSC(C)(C)CNc1cc(C(=O)O)ccn1. The second-order valence-corrected chi connectivity index (χ2v) is 5.57. The summed E-state index contributed by atoms with van der Waals surface area (Å²) < 4.78 is 0.0981. The van der Waals surface area contributed by atoms with E-state index in [1.54, 1.807) is 17.8 Å². The Morgan fingerprint density at radius 3 is 2.88 bits per heavy atom. The molecule has 0 aliphatic heterocycles. The lowest BCUT2D eigenvalue weighted by Crippen LogP contribution is -2.26. The van der Waals surface area contributed by atoms with Crippen LogP contribution in [0, 0.1) is 0 Å². The molecule has 0 atom stereocenters. The van der Waals surface area contributed by atoms with Crippen LogP contribution in [0.2, 0.25) is 0 Å². The molecule has 0 spiro atoms. The fraction of sp³-hybridized carbons (Fsp3) is 0.455. The minimum absolute atomic E-state index is 0.0981. The van der Waals surface area contributed by atoms with Crippen LogP contribution in [0.4, 0.5) is 5.82 Å². The number of aromatic nitrogens is 1. The molecule has 1 aromatic rings. The van der Waals surface area contributed by atoms with Crippen LogP contribution in [0.25, 0.3) is 0 Å². The third-order valence-electron chi connectivity index (χ3n) is 2.25. The molecule has 0 unspecified atom stereocenters. The Balaban J connectivity index is 2.68. The highest BCUT2D eigenvalue weighted by atomic mass is 32.2. The van der Waals surface area contributed by atoms with E-state index in [-0.39, 0.29) is 10.3 Å². The number of carboxylic acids is 1. The van der Waals surface area contributed by atoms with Gasteiger partial charge >= 0.3 is 5.97 Å². The van der Waals surface area contributed by atoms with Gasteiger partial charge in [0.2, 0.25) is 0 Å². The van der Waals surface area contributed by atoms with Crippen molar-refractivity contribution < 1.29 is 9.90 Å². The van der Waals surface area contributed by atoms with Crippen LogP contribution in [0.1, 0.15) is 24.2 Å². The van der Waals surface area contributed by atoms with Gasteiger partial charge in [0.15, 0.2) is 0 Å². The molecule has 0 radical (unpaired) electrons. The summed E-state index contributed by atoms with van der Waals surface area (Å²) >= 11 is 1.75. The molecule has 5 heteroatoms. The summed E-state index contributed by atoms with van der Waals surface area (Å²) in [5.74, 6) is -0.336. The van der Waals surface area contributed by atoms with Crippen molar-refractivity contribution in [2.75, 3.05) is 18.1 Å². The van der Waals surface area contributed by atoms with E-state index in [9.17, 15) is 4.79 Å². The molecular weight excluding hydrogens is 224 g/mol. The zero-order valence-electron chi connectivity index (χ0n) is 9.65. The average molecular weight is 240 g/mol. The van der Waals surface area contributed by atoms with Crippen molar-refractivity contribution in [1.29, 1.82) is 0 Å².